The standard InChI is InChI=1S/C7H7F5N4O/c8-6(9,7(10,11)12)5(17)13-2-1-4-14-3-15-16-4/h3H,1-2H2,(H,13,17)(H,14,15,16). The van der Waals surface area contributed by atoms with Gasteiger partial charge < -0.3 is 5.32 Å². The number of H-pyrrole nitrogens is 1. The van der Waals surface area contributed by atoms with Gasteiger partial charge in [-0.05, 0) is 0 Å². The van der Waals surface area contributed by atoms with Crippen LogP contribution in [0.1, 0.15) is 5.82 Å². The molecule has 0 fully saturated rings. The molecule has 0 aromatic carbocycles. The smallest absolute Gasteiger partial charge is 0.350 e. The minimum atomic E-state index is -5.90. The van der Waals surface area contributed by atoms with E-state index >= 15 is 0 Å². The number of hydrogen-bond donors (Lipinski definition) is 2. The molecule has 0 saturated carbocycles. The molecule has 0 unspecified atom stereocenters. The number of carbonyl (C=O) groups is 1. The summed E-state index contributed by atoms with van der Waals surface area (Å²) in [6.07, 6.45) is -4.79. The summed E-state index contributed by atoms with van der Waals surface area (Å²) in [7, 11) is 0. The van der Waals surface area contributed by atoms with Crippen LogP contribution in [0.2, 0.25) is 0 Å². The molecule has 0 aliphatic rings. The monoisotopic (exact) mass is 258 g/mol. The van der Waals surface area contributed by atoms with E-state index in [1.165, 1.54) is 5.32 Å². The van der Waals surface area contributed by atoms with Gasteiger partial charge in [-0.25, -0.2) is 4.98 Å². The second-order valence-electron chi connectivity index (χ2n) is 3.01. The van der Waals surface area contributed by atoms with Crippen LogP contribution < -0.4 is 5.32 Å². The first-order valence-electron chi connectivity index (χ1n) is 4.32. The van der Waals surface area contributed by atoms with Crippen molar-refractivity contribution in [3.63, 3.8) is 0 Å². The summed E-state index contributed by atoms with van der Waals surface area (Å²) in [6, 6.07) is 0. The van der Waals surface area contributed by atoms with Crippen LogP contribution in [0.3, 0.4) is 0 Å². The second kappa shape index (κ2) is 4.63. The lowest BCUT2D eigenvalue weighted by Crippen LogP contribution is -2.50. The first kappa shape index (κ1) is 13.3. The number of carbonyl (C=O) groups excluding carboxylic acids is 1. The Morgan fingerprint density at radius 2 is 2.00 bits per heavy atom. The van der Waals surface area contributed by atoms with Gasteiger partial charge in [0.15, 0.2) is 0 Å². The zero-order valence-corrected chi connectivity index (χ0v) is 8.18. The van der Waals surface area contributed by atoms with Gasteiger partial charge in [0.2, 0.25) is 0 Å². The Morgan fingerprint density at radius 3 is 2.47 bits per heavy atom. The van der Waals surface area contributed by atoms with E-state index in [0.717, 1.165) is 6.33 Å². The number of alkyl halides is 5. The largest absolute Gasteiger partial charge is 0.463 e. The summed E-state index contributed by atoms with van der Waals surface area (Å²) in [4.78, 5) is 14.2. The van der Waals surface area contributed by atoms with Crippen LogP contribution in [0, 0.1) is 0 Å². The minimum Gasteiger partial charge on any atom is -0.350 e. The fourth-order valence-electron chi connectivity index (χ4n) is 0.885. The number of halogens is 5. The first-order chi connectivity index (χ1) is 7.75. The number of nitrogens with zero attached hydrogens (tertiary/aromatic N) is 2. The lowest BCUT2D eigenvalue weighted by atomic mass is 10.3. The fraction of sp³-hybridized carbons (Fsp3) is 0.571. The van der Waals surface area contributed by atoms with Gasteiger partial charge >= 0.3 is 12.1 Å². The van der Waals surface area contributed by atoms with Crippen LogP contribution in [0.15, 0.2) is 6.33 Å². The van der Waals surface area contributed by atoms with Crippen LogP contribution in [0.4, 0.5) is 22.0 Å². The molecule has 0 spiro atoms. The van der Waals surface area contributed by atoms with Crippen LogP contribution in [0.5, 0.6) is 0 Å². The molecule has 10 heteroatoms. The summed E-state index contributed by atoms with van der Waals surface area (Å²) in [5, 5.41) is 7.26. The van der Waals surface area contributed by atoms with Crippen molar-refractivity contribution >= 4 is 5.91 Å². The van der Waals surface area contributed by atoms with E-state index in [1.807, 2.05) is 0 Å². The highest BCUT2D eigenvalue weighted by molar-refractivity contribution is 5.84. The SMILES string of the molecule is O=C(NCCc1ncn[nH]1)C(F)(F)C(F)(F)F. The molecule has 0 aliphatic heterocycles. The molecule has 2 N–H and O–H groups in total. The Labute approximate surface area is 91.4 Å². The average molecular weight is 258 g/mol. The van der Waals surface area contributed by atoms with Crippen molar-refractivity contribution in [3.05, 3.63) is 12.2 Å². The van der Waals surface area contributed by atoms with Crippen molar-refractivity contribution in [1.82, 2.24) is 20.5 Å². The zero-order valence-electron chi connectivity index (χ0n) is 8.18. The van der Waals surface area contributed by atoms with Gasteiger partial charge in [-0.15, -0.1) is 0 Å². The lowest BCUT2D eigenvalue weighted by Gasteiger charge is -2.18. The predicted molar refractivity (Wildman–Crippen MR) is 44.1 cm³/mol. The Hall–Kier alpha value is -1.74. The summed E-state index contributed by atoms with van der Waals surface area (Å²) < 4.78 is 60.1. The predicted octanol–water partition coefficient (Wildman–Crippen LogP) is 0.661. The third kappa shape index (κ3) is 3.11. The summed E-state index contributed by atoms with van der Waals surface area (Å²) in [5.74, 6) is -7.51. The third-order valence-corrected chi connectivity index (χ3v) is 1.75. The van der Waals surface area contributed by atoms with Crippen molar-refractivity contribution in [1.29, 1.82) is 0 Å². The number of rotatable bonds is 4. The first-order valence-corrected chi connectivity index (χ1v) is 4.32. The quantitative estimate of drug-likeness (QED) is 0.779. The van der Waals surface area contributed by atoms with E-state index in [2.05, 4.69) is 15.2 Å². The fourth-order valence-corrected chi connectivity index (χ4v) is 0.885. The van der Waals surface area contributed by atoms with Gasteiger partial charge in [0, 0.05) is 13.0 Å². The highest BCUT2D eigenvalue weighted by Gasteiger charge is 2.63. The normalized spacial score (nSPS) is 12.5. The Balaban J connectivity index is 2.45. The topological polar surface area (TPSA) is 70.7 Å². The minimum absolute atomic E-state index is 0.0281. The van der Waals surface area contributed by atoms with E-state index < -0.39 is 24.6 Å². The maximum absolute atomic E-state index is 12.4. The summed E-state index contributed by atoms with van der Waals surface area (Å²) >= 11 is 0. The van der Waals surface area contributed by atoms with Crippen LogP contribution in [-0.4, -0.2) is 39.7 Å². The summed E-state index contributed by atoms with van der Waals surface area (Å²) in [6.45, 7) is -0.403. The third-order valence-electron chi connectivity index (χ3n) is 1.75. The summed E-state index contributed by atoms with van der Waals surface area (Å²) in [5.41, 5.74) is 0. The van der Waals surface area contributed by atoms with Crippen molar-refractivity contribution in [3.8, 4) is 0 Å². The van der Waals surface area contributed by atoms with E-state index in [4.69, 9.17) is 0 Å². The van der Waals surface area contributed by atoms with Crippen LogP contribution >= 0.6 is 0 Å². The van der Waals surface area contributed by atoms with Gasteiger partial charge in [0.05, 0.1) is 0 Å². The van der Waals surface area contributed by atoms with Gasteiger partial charge in [-0.3, -0.25) is 9.89 Å². The number of aromatic amines is 1. The van der Waals surface area contributed by atoms with E-state index in [1.54, 1.807) is 0 Å². The number of hydrogen-bond acceptors (Lipinski definition) is 3. The molecule has 5 nitrogen and oxygen atoms in total. The maximum Gasteiger partial charge on any atom is 0.463 e. The molecule has 0 radical (unpaired) electrons. The molecule has 17 heavy (non-hydrogen) atoms. The highest BCUT2D eigenvalue weighted by atomic mass is 19.4. The van der Waals surface area contributed by atoms with Crippen LogP contribution in [0.25, 0.3) is 0 Å². The van der Waals surface area contributed by atoms with Gasteiger partial charge in [0.1, 0.15) is 12.2 Å². The molecule has 1 rings (SSSR count). The number of aromatic nitrogens is 3. The Morgan fingerprint density at radius 1 is 1.35 bits per heavy atom. The average Bonchev–Trinajstić information content (AvgIpc) is 2.68. The molecular formula is C7H7F5N4O. The zero-order chi connectivity index (χ0) is 13.1. The number of nitrogens with one attached hydrogen (secondary N) is 2. The van der Waals surface area contributed by atoms with Gasteiger partial charge in [-0.2, -0.15) is 27.1 Å². The van der Waals surface area contributed by atoms with Crippen LogP contribution in [-0.2, 0) is 11.2 Å². The second-order valence-corrected chi connectivity index (χ2v) is 3.01. The van der Waals surface area contributed by atoms with E-state index in [-0.39, 0.29) is 12.2 Å². The van der Waals surface area contributed by atoms with E-state index in [9.17, 15) is 26.7 Å². The maximum atomic E-state index is 12.4. The molecule has 1 heterocycles. The molecule has 96 valence electrons. The molecule has 0 aliphatic carbocycles. The van der Waals surface area contributed by atoms with Crippen molar-refractivity contribution in [2.45, 2.75) is 18.5 Å². The molecule has 0 saturated heterocycles. The van der Waals surface area contributed by atoms with Crippen molar-refractivity contribution in [2.24, 2.45) is 0 Å². The molecule has 1 aromatic heterocycles. The molecule has 1 amide bonds. The lowest BCUT2D eigenvalue weighted by molar-refractivity contribution is -0.269. The van der Waals surface area contributed by atoms with Crippen molar-refractivity contribution < 1.29 is 26.7 Å². The Kier molecular flexibility index (Phi) is 3.63. The van der Waals surface area contributed by atoms with Crippen molar-refractivity contribution in [2.75, 3.05) is 6.54 Å². The van der Waals surface area contributed by atoms with Gasteiger partial charge in [-0.1, -0.05) is 0 Å². The number of amides is 1. The molecule has 0 atom stereocenters. The molecular weight excluding hydrogens is 251 g/mol. The Bertz CT molecular complexity index is 374. The van der Waals surface area contributed by atoms with Gasteiger partial charge in [0.25, 0.3) is 5.91 Å². The molecule has 0 bridgehead atoms. The molecule has 1 aromatic rings. The van der Waals surface area contributed by atoms with E-state index in [0.29, 0.717) is 0 Å². The highest BCUT2D eigenvalue weighted by Crippen LogP contribution is 2.35.